The van der Waals surface area contributed by atoms with E-state index in [0.717, 1.165) is 27.5 Å². The first-order valence-electron chi connectivity index (χ1n) is 7.48. The zero-order chi connectivity index (χ0) is 16.2. The molecule has 2 aromatic carbocycles. The molecule has 3 rings (SSSR count). The summed E-state index contributed by atoms with van der Waals surface area (Å²) in [5, 5.41) is 6.02. The number of nitrogens with zero attached hydrogens (tertiary/aromatic N) is 1. The second-order valence-corrected chi connectivity index (χ2v) is 6.61. The van der Waals surface area contributed by atoms with Crippen LogP contribution in [0.15, 0.2) is 53.9 Å². The Bertz CT molecular complexity index is 821. The van der Waals surface area contributed by atoms with E-state index in [-0.39, 0.29) is 5.91 Å². The Labute approximate surface area is 140 Å². The number of benzene rings is 2. The van der Waals surface area contributed by atoms with Crippen molar-refractivity contribution in [3.05, 3.63) is 70.0 Å². The minimum absolute atomic E-state index is 0.0135. The van der Waals surface area contributed by atoms with Gasteiger partial charge in [-0.25, -0.2) is 4.98 Å². The van der Waals surface area contributed by atoms with Crippen LogP contribution in [0.5, 0.6) is 0 Å². The molecule has 0 fully saturated rings. The first-order valence-corrected chi connectivity index (χ1v) is 8.36. The molecule has 3 nitrogen and oxygen atoms in total. The fourth-order valence-electron chi connectivity index (χ4n) is 2.35. The molecule has 0 spiro atoms. The van der Waals surface area contributed by atoms with Crippen LogP contribution in [0.25, 0.3) is 11.3 Å². The second kappa shape index (κ2) is 6.75. The lowest BCUT2D eigenvalue weighted by atomic mass is 10.1. The first-order chi connectivity index (χ1) is 11.1. The summed E-state index contributed by atoms with van der Waals surface area (Å²) in [5.74, 6) is -0.0135. The first kappa shape index (κ1) is 15.4. The highest BCUT2D eigenvalue weighted by Gasteiger charge is 2.07. The lowest BCUT2D eigenvalue weighted by Crippen LogP contribution is -2.14. The quantitative estimate of drug-likeness (QED) is 0.762. The van der Waals surface area contributed by atoms with Gasteiger partial charge in [0, 0.05) is 16.6 Å². The molecule has 1 aromatic heterocycles. The van der Waals surface area contributed by atoms with E-state index in [0.29, 0.717) is 6.42 Å². The van der Waals surface area contributed by atoms with Crippen LogP contribution in [0.2, 0.25) is 0 Å². The Kier molecular flexibility index (Phi) is 4.53. The number of carbonyl (C=O) groups is 1. The number of rotatable bonds is 4. The van der Waals surface area contributed by atoms with E-state index in [1.807, 2.05) is 67.8 Å². The monoisotopic (exact) mass is 322 g/mol. The molecule has 3 aromatic rings. The zero-order valence-electron chi connectivity index (χ0n) is 13.2. The molecule has 0 aliphatic rings. The molecule has 0 saturated heterocycles. The molecular weight excluding hydrogens is 304 g/mol. The van der Waals surface area contributed by atoms with Crippen LogP contribution in [-0.2, 0) is 11.2 Å². The van der Waals surface area contributed by atoms with E-state index in [1.54, 1.807) is 11.3 Å². The van der Waals surface area contributed by atoms with Crippen molar-refractivity contribution in [2.24, 2.45) is 0 Å². The summed E-state index contributed by atoms with van der Waals surface area (Å²) in [7, 11) is 0. The van der Waals surface area contributed by atoms with Crippen LogP contribution in [0, 0.1) is 13.8 Å². The average molecular weight is 322 g/mol. The number of carbonyl (C=O) groups excluding carboxylic acids is 1. The van der Waals surface area contributed by atoms with Gasteiger partial charge in [-0.3, -0.25) is 4.79 Å². The van der Waals surface area contributed by atoms with Crippen LogP contribution in [0.4, 0.5) is 5.69 Å². The van der Waals surface area contributed by atoms with Crippen molar-refractivity contribution in [1.82, 2.24) is 4.98 Å². The molecule has 1 heterocycles. The molecule has 1 amide bonds. The molecule has 0 aliphatic heterocycles. The lowest BCUT2D eigenvalue weighted by molar-refractivity contribution is -0.115. The van der Waals surface area contributed by atoms with Crippen LogP contribution in [-0.4, -0.2) is 10.9 Å². The molecule has 4 heteroatoms. The Morgan fingerprint density at radius 1 is 1.13 bits per heavy atom. The summed E-state index contributed by atoms with van der Waals surface area (Å²) in [6.07, 6.45) is 0.375. The third kappa shape index (κ3) is 4.05. The predicted molar refractivity (Wildman–Crippen MR) is 95.8 cm³/mol. The van der Waals surface area contributed by atoms with Crippen molar-refractivity contribution in [2.75, 3.05) is 5.32 Å². The number of aromatic nitrogens is 1. The average Bonchev–Trinajstić information content (AvgIpc) is 2.96. The fourth-order valence-corrected chi connectivity index (χ4v) is 2.97. The lowest BCUT2D eigenvalue weighted by Gasteiger charge is -2.07. The van der Waals surface area contributed by atoms with Crippen molar-refractivity contribution in [2.45, 2.75) is 20.3 Å². The maximum absolute atomic E-state index is 12.2. The third-order valence-electron chi connectivity index (χ3n) is 3.55. The topological polar surface area (TPSA) is 42.0 Å². The van der Waals surface area contributed by atoms with Gasteiger partial charge in [0.15, 0.2) is 0 Å². The van der Waals surface area contributed by atoms with Gasteiger partial charge in [0.25, 0.3) is 0 Å². The Balaban J connectivity index is 1.70. The van der Waals surface area contributed by atoms with Crippen molar-refractivity contribution in [3.8, 4) is 11.3 Å². The Morgan fingerprint density at radius 2 is 1.91 bits per heavy atom. The molecule has 0 atom stereocenters. The van der Waals surface area contributed by atoms with E-state index < -0.39 is 0 Å². The molecule has 0 radical (unpaired) electrons. The highest BCUT2D eigenvalue weighted by molar-refractivity contribution is 7.09. The molecule has 23 heavy (non-hydrogen) atoms. The maximum atomic E-state index is 12.2. The van der Waals surface area contributed by atoms with Gasteiger partial charge in [-0.2, -0.15) is 0 Å². The summed E-state index contributed by atoms with van der Waals surface area (Å²) in [5.41, 5.74) is 4.97. The van der Waals surface area contributed by atoms with Crippen LogP contribution >= 0.6 is 11.3 Å². The SMILES string of the molecule is Cc1ccc(CC(=O)Nc2cccc(-c3csc(C)n3)c2)cc1. The van der Waals surface area contributed by atoms with Gasteiger partial charge in [0.2, 0.25) is 5.91 Å². The number of aryl methyl sites for hydroxylation is 2. The van der Waals surface area contributed by atoms with Gasteiger partial charge in [-0.05, 0) is 31.5 Å². The van der Waals surface area contributed by atoms with Crippen molar-refractivity contribution >= 4 is 22.9 Å². The van der Waals surface area contributed by atoms with Gasteiger partial charge in [0.1, 0.15) is 0 Å². The standard InChI is InChI=1S/C19H18N2OS/c1-13-6-8-15(9-7-13)10-19(22)21-17-5-3-4-16(11-17)18-12-23-14(2)20-18/h3-9,11-12H,10H2,1-2H3,(H,21,22). The number of nitrogens with one attached hydrogen (secondary N) is 1. The molecule has 116 valence electrons. The molecule has 0 aliphatic carbocycles. The number of anilines is 1. The normalized spacial score (nSPS) is 10.5. The summed E-state index contributed by atoms with van der Waals surface area (Å²) in [6, 6.07) is 15.8. The van der Waals surface area contributed by atoms with Crippen molar-refractivity contribution < 1.29 is 4.79 Å². The second-order valence-electron chi connectivity index (χ2n) is 5.54. The Morgan fingerprint density at radius 3 is 2.61 bits per heavy atom. The number of thiazole rings is 1. The van der Waals surface area contributed by atoms with Crippen LogP contribution in [0.1, 0.15) is 16.1 Å². The molecule has 0 unspecified atom stereocenters. The minimum Gasteiger partial charge on any atom is -0.326 e. The fraction of sp³-hybridized carbons (Fsp3) is 0.158. The Hall–Kier alpha value is -2.46. The van der Waals surface area contributed by atoms with Gasteiger partial charge in [-0.15, -0.1) is 11.3 Å². The van der Waals surface area contributed by atoms with E-state index in [1.165, 1.54) is 5.56 Å². The van der Waals surface area contributed by atoms with Crippen molar-refractivity contribution in [1.29, 1.82) is 0 Å². The van der Waals surface area contributed by atoms with Crippen molar-refractivity contribution in [3.63, 3.8) is 0 Å². The highest BCUT2D eigenvalue weighted by atomic mass is 32.1. The van der Waals surface area contributed by atoms with Gasteiger partial charge in [-0.1, -0.05) is 42.0 Å². The summed E-state index contributed by atoms with van der Waals surface area (Å²) in [6.45, 7) is 4.02. The molecule has 1 N–H and O–H groups in total. The molecule has 0 bridgehead atoms. The zero-order valence-corrected chi connectivity index (χ0v) is 14.0. The van der Waals surface area contributed by atoms with Crippen LogP contribution < -0.4 is 5.32 Å². The molecular formula is C19H18N2OS. The van der Waals surface area contributed by atoms with E-state index >= 15 is 0 Å². The smallest absolute Gasteiger partial charge is 0.228 e. The largest absolute Gasteiger partial charge is 0.326 e. The van der Waals surface area contributed by atoms with Gasteiger partial charge < -0.3 is 5.32 Å². The number of amides is 1. The summed E-state index contributed by atoms with van der Waals surface area (Å²) in [4.78, 5) is 16.7. The van der Waals surface area contributed by atoms with E-state index in [2.05, 4.69) is 10.3 Å². The number of hydrogen-bond acceptors (Lipinski definition) is 3. The summed E-state index contributed by atoms with van der Waals surface area (Å²) >= 11 is 1.62. The predicted octanol–water partition coefficient (Wildman–Crippen LogP) is 4.61. The van der Waals surface area contributed by atoms with Gasteiger partial charge in [0.05, 0.1) is 17.1 Å². The van der Waals surface area contributed by atoms with E-state index in [4.69, 9.17) is 0 Å². The third-order valence-corrected chi connectivity index (χ3v) is 4.32. The van der Waals surface area contributed by atoms with E-state index in [9.17, 15) is 4.79 Å². The maximum Gasteiger partial charge on any atom is 0.228 e. The highest BCUT2D eigenvalue weighted by Crippen LogP contribution is 2.24. The van der Waals surface area contributed by atoms with Gasteiger partial charge >= 0.3 is 0 Å². The number of hydrogen-bond donors (Lipinski definition) is 1. The molecule has 0 saturated carbocycles. The summed E-state index contributed by atoms with van der Waals surface area (Å²) < 4.78 is 0. The minimum atomic E-state index is -0.0135. The van der Waals surface area contributed by atoms with Crippen LogP contribution in [0.3, 0.4) is 0 Å².